The molecule has 21 heavy (non-hydrogen) atoms. The molecule has 0 aliphatic rings. The first-order chi connectivity index (χ1) is 9.82. The van der Waals surface area contributed by atoms with Crippen LogP contribution < -0.4 is 0 Å². The van der Waals surface area contributed by atoms with Crippen LogP contribution in [0.1, 0.15) is 15.2 Å². The number of aromatic carboxylic acids is 1. The molecule has 0 aliphatic carbocycles. The Morgan fingerprint density at radius 3 is 2.57 bits per heavy atom. The van der Waals surface area contributed by atoms with Gasteiger partial charge in [-0.05, 0) is 39.7 Å². The molecular formula is C12H11BrN2O4S2. The fraction of sp³-hybridized carbons (Fsp3) is 0.167. The predicted octanol–water partition coefficient (Wildman–Crippen LogP) is 2.42. The molecule has 0 aromatic carbocycles. The number of rotatable bonds is 5. The van der Waals surface area contributed by atoms with Crippen molar-refractivity contribution in [3.63, 3.8) is 0 Å². The smallest absolute Gasteiger partial charge is 0.345 e. The number of thiophene rings is 1. The fourth-order valence-electron chi connectivity index (χ4n) is 1.63. The third-order valence-electron chi connectivity index (χ3n) is 2.71. The van der Waals surface area contributed by atoms with Crippen LogP contribution in [-0.4, -0.2) is 35.8 Å². The first-order valence-electron chi connectivity index (χ1n) is 5.70. The summed E-state index contributed by atoms with van der Waals surface area (Å²) in [4.78, 5) is 14.7. The maximum absolute atomic E-state index is 12.5. The maximum Gasteiger partial charge on any atom is 0.345 e. The Morgan fingerprint density at radius 1 is 1.43 bits per heavy atom. The Kier molecular flexibility index (Phi) is 4.77. The summed E-state index contributed by atoms with van der Waals surface area (Å²) in [7, 11) is -2.32. The molecule has 2 rings (SSSR count). The zero-order valence-corrected chi connectivity index (χ0v) is 14.1. The van der Waals surface area contributed by atoms with Gasteiger partial charge in [0.1, 0.15) is 9.77 Å². The number of aromatic nitrogens is 1. The van der Waals surface area contributed by atoms with E-state index in [4.69, 9.17) is 5.11 Å². The van der Waals surface area contributed by atoms with Crippen LogP contribution in [0.2, 0.25) is 0 Å². The lowest BCUT2D eigenvalue weighted by atomic mass is 10.3. The maximum atomic E-state index is 12.5. The van der Waals surface area contributed by atoms with Gasteiger partial charge in [-0.25, -0.2) is 13.2 Å². The minimum Gasteiger partial charge on any atom is -0.477 e. The van der Waals surface area contributed by atoms with Gasteiger partial charge in [0.15, 0.2) is 0 Å². The van der Waals surface area contributed by atoms with Crippen LogP contribution >= 0.6 is 27.3 Å². The molecule has 2 heterocycles. The lowest BCUT2D eigenvalue weighted by molar-refractivity contribution is 0.0702. The summed E-state index contributed by atoms with van der Waals surface area (Å²) in [5.74, 6) is -1.15. The monoisotopic (exact) mass is 390 g/mol. The van der Waals surface area contributed by atoms with Crippen molar-refractivity contribution in [1.82, 2.24) is 9.29 Å². The number of sulfonamides is 1. The van der Waals surface area contributed by atoms with E-state index in [9.17, 15) is 13.2 Å². The van der Waals surface area contributed by atoms with E-state index in [0.717, 1.165) is 23.0 Å². The summed E-state index contributed by atoms with van der Waals surface area (Å²) in [6, 6.07) is 4.60. The predicted molar refractivity (Wildman–Crippen MR) is 81.9 cm³/mol. The van der Waals surface area contributed by atoms with Crippen LogP contribution in [0.5, 0.6) is 0 Å². The summed E-state index contributed by atoms with van der Waals surface area (Å²) >= 11 is 3.99. The normalized spacial score (nSPS) is 11.8. The van der Waals surface area contributed by atoms with Crippen molar-refractivity contribution in [2.45, 2.75) is 11.4 Å². The zero-order valence-electron chi connectivity index (χ0n) is 10.9. The summed E-state index contributed by atoms with van der Waals surface area (Å²) in [6.45, 7) is 0.176. The topological polar surface area (TPSA) is 87.6 Å². The van der Waals surface area contributed by atoms with E-state index in [2.05, 4.69) is 20.9 Å². The van der Waals surface area contributed by atoms with Crippen LogP contribution in [0.25, 0.3) is 0 Å². The molecule has 0 radical (unpaired) electrons. The Balaban J connectivity index is 2.31. The van der Waals surface area contributed by atoms with Gasteiger partial charge in [0, 0.05) is 26.0 Å². The molecule has 112 valence electrons. The molecule has 0 spiro atoms. The highest BCUT2D eigenvalue weighted by Gasteiger charge is 2.27. The van der Waals surface area contributed by atoms with Crippen molar-refractivity contribution in [2.24, 2.45) is 0 Å². The Bertz CT molecular complexity index is 759. The van der Waals surface area contributed by atoms with Gasteiger partial charge >= 0.3 is 5.97 Å². The minimum atomic E-state index is -3.77. The second-order valence-corrected chi connectivity index (χ2v) is 8.55. The SMILES string of the molecule is CN(Cc1ccncc1)S(=O)(=O)c1cc(C(=O)O)sc1Br. The quantitative estimate of drug-likeness (QED) is 0.846. The van der Waals surface area contributed by atoms with Crippen LogP contribution in [-0.2, 0) is 16.6 Å². The first kappa shape index (κ1) is 16.1. The Labute approximate surface area is 134 Å². The third kappa shape index (κ3) is 3.49. The summed E-state index contributed by atoms with van der Waals surface area (Å²) in [5.41, 5.74) is 0.792. The molecule has 0 aliphatic heterocycles. The van der Waals surface area contributed by atoms with Gasteiger partial charge in [0.05, 0.1) is 3.79 Å². The van der Waals surface area contributed by atoms with E-state index in [1.165, 1.54) is 11.4 Å². The Hall–Kier alpha value is -1.29. The Morgan fingerprint density at radius 2 is 2.05 bits per heavy atom. The number of nitrogens with zero attached hydrogens (tertiary/aromatic N) is 2. The van der Waals surface area contributed by atoms with Gasteiger partial charge in [-0.2, -0.15) is 4.31 Å². The number of carbonyl (C=O) groups is 1. The second-order valence-electron chi connectivity index (χ2n) is 4.17. The number of hydrogen-bond acceptors (Lipinski definition) is 5. The van der Waals surface area contributed by atoms with Gasteiger partial charge in [-0.1, -0.05) is 0 Å². The number of halogens is 1. The molecule has 0 fully saturated rings. The molecule has 0 saturated heterocycles. The van der Waals surface area contributed by atoms with Crippen molar-refractivity contribution >= 4 is 43.3 Å². The number of carboxylic acid groups (broad SMARTS) is 1. The molecule has 0 unspecified atom stereocenters. The largest absolute Gasteiger partial charge is 0.477 e. The number of pyridine rings is 1. The van der Waals surface area contributed by atoms with Crippen molar-refractivity contribution < 1.29 is 18.3 Å². The molecule has 0 saturated carbocycles. The second kappa shape index (κ2) is 6.22. The molecular weight excluding hydrogens is 380 g/mol. The highest BCUT2D eigenvalue weighted by molar-refractivity contribution is 9.11. The van der Waals surface area contributed by atoms with Crippen LogP contribution in [0, 0.1) is 0 Å². The van der Waals surface area contributed by atoms with E-state index >= 15 is 0 Å². The highest BCUT2D eigenvalue weighted by Crippen LogP contribution is 2.33. The van der Waals surface area contributed by atoms with Gasteiger partial charge < -0.3 is 5.11 Å². The zero-order chi connectivity index (χ0) is 15.6. The summed E-state index contributed by atoms with van der Waals surface area (Å²) in [5, 5.41) is 8.94. The van der Waals surface area contributed by atoms with Crippen molar-refractivity contribution in [1.29, 1.82) is 0 Å². The van der Waals surface area contributed by atoms with Crippen molar-refractivity contribution in [2.75, 3.05) is 7.05 Å². The van der Waals surface area contributed by atoms with E-state index in [1.807, 2.05) is 0 Å². The molecule has 1 N–H and O–H groups in total. The molecule has 0 amide bonds. The van der Waals surface area contributed by atoms with Gasteiger partial charge in [-0.15, -0.1) is 11.3 Å². The average Bonchev–Trinajstić information content (AvgIpc) is 2.83. The minimum absolute atomic E-state index is 0.0299. The van der Waals surface area contributed by atoms with Gasteiger partial charge in [-0.3, -0.25) is 4.98 Å². The van der Waals surface area contributed by atoms with Crippen LogP contribution in [0.3, 0.4) is 0 Å². The van der Waals surface area contributed by atoms with Gasteiger partial charge in [0.25, 0.3) is 0 Å². The van der Waals surface area contributed by atoms with Crippen molar-refractivity contribution in [3.05, 3.63) is 44.8 Å². The van der Waals surface area contributed by atoms with Gasteiger partial charge in [0.2, 0.25) is 10.0 Å². The number of hydrogen-bond donors (Lipinski definition) is 1. The van der Waals surface area contributed by atoms with Crippen molar-refractivity contribution in [3.8, 4) is 0 Å². The van der Waals surface area contributed by atoms with E-state index < -0.39 is 16.0 Å². The summed E-state index contributed by atoms with van der Waals surface area (Å²) in [6.07, 6.45) is 3.16. The number of carboxylic acids is 1. The third-order valence-corrected chi connectivity index (χ3v) is 6.75. The van der Waals surface area contributed by atoms with E-state index in [0.29, 0.717) is 0 Å². The fourth-order valence-corrected chi connectivity index (χ4v) is 5.14. The molecule has 6 nitrogen and oxygen atoms in total. The molecule has 9 heteroatoms. The molecule has 2 aromatic rings. The average molecular weight is 391 g/mol. The summed E-state index contributed by atoms with van der Waals surface area (Å²) < 4.78 is 26.4. The van der Waals surface area contributed by atoms with E-state index in [-0.39, 0.29) is 20.1 Å². The molecule has 0 atom stereocenters. The van der Waals surface area contributed by atoms with Crippen LogP contribution in [0.4, 0.5) is 0 Å². The standard InChI is InChI=1S/C12H11BrN2O4S2/c1-15(7-8-2-4-14-5-3-8)21(18,19)10-6-9(12(16)17)20-11(10)13/h2-6H,7H2,1H3,(H,16,17). The molecule has 0 bridgehead atoms. The first-order valence-corrected chi connectivity index (χ1v) is 8.75. The highest BCUT2D eigenvalue weighted by atomic mass is 79.9. The van der Waals surface area contributed by atoms with Crippen LogP contribution in [0.15, 0.2) is 39.3 Å². The lowest BCUT2D eigenvalue weighted by Gasteiger charge is -2.16. The molecule has 2 aromatic heterocycles. The lowest BCUT2D eigenvalue weighted by Crippen LogP contribution is -2.26. The van der Waals surface area contributed by atoms with E-state index in [1.54, 1.807) is 24.5 Å².